The molecule has 17 heavy (non-hydrogen) atoms. The normalized spacial score (nSPS) is 11.6. The van der Waals surface area contributed by atoms with Gasteiger partial charge in [0.1, 0.15) is 5.82 Å². The Bertz CT molecular complexity index is 371. The molecule has 0 saturated carbocycles. The average Bonchev–Trinajstić information content (AvgIpc) is 2.27. The van der Waals surface area contributed by atoms with E-state index in [1.165, 1.54) is 12.1 Å². The average molecular weight is 280 g/mol. The van der Waals surface area contributed by atoms with Gasteiger partial charge in [-0.25, -0.2) is 4.39 Å². The molecule has 0 spiro atoms. The molecule has 0 amide bonds. The van der Waals surface area contributed by atoms with E-state index in [0.717, 1.165) is 0 Å². The van der Waals surface area contributed by atoms with Gasteiger partial charge >= 0.3 is 0 Å². The van der Waals surface area contributed by atoms with Gasteiger partial charge in [-0.1, -0.05) is 37.0 Å². The maximum absolute atomic E-state index is 13.0. The Hall–Kier alpha value is -0.510. The zero-order chi connectivity index (χ0) is 13.1. The SMILES string of the molecule is CCC(O)(CC)CNc1c(Cl)cc(F)cc1Cl. The van der Waals surface area contributed by atoms with Crippen LogP contribution in [-0.4, -0.2) is 17.3 Å². The van der Waals surface area contributed by atoms with Crippen molar-refractivity contribution in [2.24, 2.45) is 0 Å². The van der Waals surface area contributed by atoms with Crippen molar-refractivity contribution in [3.63, 3.8) is 0 Å². The van der Waals surface area contributed by atoms with Crippen LogP contribution >= 0.6 is 23.2 Å². The van der Waals surface area contributed by atoms with Gasteiger partial charge in [0.05, 0.1) is 21.3 Å². The molecule has 1 aromatic rings. The molecule has 2 N–H and O–H groups in total. The van der Waals surface area contributed by atoms with Crippen LogP contribution in [0.15, 0.2) is 12.1 Å². The summed E-state index contributed by atoms with van der Waals surface area (Å²) in [7, 11) is 0. The molecule has 0 radical (unpaired) electrons. The fraction of sp³-hybridized carbons (Fsp3) is 0.500. The quantitative estimate of drug-likeness (QED) is 0.851. The fourth-order valence-corrected chi connectivity index (χ4v) is 2.06. The summed E-state index contributed by atoms with van der Waals surface area (Å²) in [5.74, 6) is -0.480. The second kappa shape index (κ2) is 5.89. The highest BCUT2D eigenvalue weighted by Gasteiger charge is 2.22. The number of nitrogens with one attached hydrogen (secondary N) is 1. The molecule has 5 heteroatoms. The first kappa shape index (κ1) is 14.6. The van der Waals surface area contributed by atoms with E-state index in [4.69, 9.17) is 23.2 Å². The lowest BCUT2D eigenvalue weighted by molar-refractivity contribution is 0.0457. The van der Waals surface area contributed by atoms with E-state index >= 15 is 0 Å². The number of rotatable bonds is 5. The lowest BCUT2D eigenvalue weighted by Gasteiger charge is -2.26. The van der Waals surface area contributed by atoms with Gasteiger partial charge < -0.3 is 10.4 Å². The van der Waals surface area contributed by atoms with Gasteiger partial charge in [0.2, 0.25) is 0 Å². The summed E-state index contributed by atoms with van der Waals surface area (Å²) in [5, 5.41) is 13.5. The van der Waals surface area contributed by atoms with Crippen LogP contribution < -0.4 is 5.32 Å². The van der Waals surface area contributed by atoms with Crippen LogP contribution in [0.3, 0.4) is 0 Å². The first-order valence-electron chi connectivity index (χ1n) is 5.52. The first-order chi connectivity index (χ1) is 7.91. The van der Waals surface area contributed by atoms with Gasteiger partial charge in [-0.3, -0.25) is 0 Å². The van der Waals surface area contributed by atoms with E-state index in [2.05, 4.69) is 5.32 Å². The highest BCUT2D eigenvalue weighted by Crippen LogP contribution is 2.32. The predicted molar refractivity (Wildman–Crippen MR) is 70.4 cm³/mol. The van der Waals surface area contributed by atoms with E-state index in [1.807, 2.05) is 13.8 Å². The number of halogens is 3. The van der Waals surface area contributed by atoms with E-state index < -0.39 is 11.4 Å². The van der Waals surface area contributed by atoms with Crippen LogP contribution in [0.25, 0.3) is 0 Å². The van der Waals surface area contributed by atoms with Crippen molar-refractivity contribution in [1.82, 2.24) is 0 Å². The van der Waals surface area contributed by atoms with Crippen LogP contribution in [0.1, 0.15) is 26.7 Å². The van der Waals surface area contributed by atoms with E-state index in [-0.39, 0.29) is 10.0 Å². The molecule has 0 aliphatic heterocycles. The molecule has 1 rings (SSSR count). The maximum atomic E-state index is 13.0. The van der Waals surface area contributed by atoms with Gasteiger partial charge in [-0.15, -0.1) is 0 Å². The second-order valence-corrected chi connectivity index (χ2v) is 4.84. The number of aliphatic hydroxyl groups is 1. The third-order valence-corrected chi connectivity index (χ3v) is 3.51. The molecule has 0 bridgehead atoms. The molecule has 0 saturated heterocycles. The Morgan fingerprint density at radius 2 is 1.71 bits per heavy atom. The summed E-state index contributed by atoms with van der Waals surface area (Å²) in [6, 6.07) is 2.37. The molecule has 0 heterocycles. The third kappa shape index (κ3) is 3.73. The Labute approximate surface area is 111 Å². The number of anilines is 1. The molecule has 0 atom stereocenters. The Kier molecular flexibility index (Phi) is 5.04. The van der Waals surface area contributed by atoms with Gasteiger partial charge in [0, 0.05) is 6.54 Å². The van der Waals surface area contributed by atoms with Crippen LogP contribution in [0.4, 0.5) is 10.1 Å². The Morgan fingerprint density at radius 3 is 2.12 bits per heavy atom. The number of hydrogen-bond donors (Lipinski definition) is 2. The lowest BCUT2D eigenvalue weighted by atomic mass is 9.97. The molecule has 0 aliphatic rings. The Morgan fingerprint density at radius 1 is 1.24 bits per heavy atom. The minimum absolute atomic E-state index is 0.213. The van der Waals surface area contributed by atoms with Crippen LogP contribution in [0.5, 0.6) is 0 Å². The molecule has 1 aromatic carbocycles. The molecular formula is C12H16Cl2FNO. The van der Waals surface area contributed by atoms with Crippen molar-refractivity contribution >= 4 is 28.9 Å². The summed E-state index contributed by atoms with van der Waals surface area (Å²) in [5.41, 5.74) is -0.351. The summed E-state index contributed by atoms with van der Waals surface area (Å²) >= 11 is 11.8. The fourth-order valence-electron chi connectivity index (χ4n) is 1.46. The second-order valence-electron chi connectivity index (χ2n) is 4.03. The lowest BCUT2D eigenvalue weighted by Crippen LogP contribution is -2.35. The van der Waals surface area contributed by atoms with Crippen molar-refractivity contribution in [2.45, 2.75) is 32.3 Å². The predicted octanol–water partition coefficient (Wildman–Crippen LogP) is 4.10. The number of benzene rings is 1. The van der Waals surface area contributed by atoms with E-state index in [0.29, 0.717) is 25.1 Å². The summed E-state index contributed by atoms with van der Waals surface area (Å²) in [6.45, 7) is 4.13. The monoisotopic (exact) mass is 279 g/mol. The molecule has 0 fully saturated rings. The van der Waals surface area contributed by atoms with Crippen molar-refractivity contribution < 1.29 is 9.50 Å². The molecular weight excluding hydrogens is 264 g/mol. The van der Waals surface area contributed by atoms with Crippen LogP contribution in [-0.2, 0) is 0 Å². The zero-order valence-corrected chi connectivity index (χ0v) is 11.4. The van der Waals surface area contributed by atoms with E-state index in [1.54, 1.807) is 0 Å². The summed E-state index contributed by atoms with van der Waals surface area (Å²) in [4.78, 5) is 0. The largest absolute Gasteiger partial charge is 0.388 e. The summed E-state index contributed by atoms with van der Waals surface area (Å²) in [6.07, 6.45) is 1.24. The van der Waals surface area contributed by atoms with Gasteiger partial charge in [-0.2, -0.15) is 0 Å². The standard InChI is InChI=1S/C12H16Cl2FNO/c1-3-12(17,4-2)7-16-11-9(13)5-8(15)6-10(11)14/h5-6,16-17H,3-4,7H2,1-2H3. The van der Waals surface area contributed by atoms with Gasteiger partial charge in [-0.05, 0) is 25.0 Å². The van der Waals surface area contributed by atoms with E-state index in [9.17, 15) is 9.50 Å². The van der Waals surface area contributed by atoms with Gasteiger partial charge in [0.15, 0.2) is 0 Å². The smallest absolute Gasteiger partial charge is 0.126 e. The van der Waals surface area contributed by atoms with Crippen molar-refractivity contribution in [3.05, 3.63) is 28.0 Å². The minimum atomic E-state index is -0.805. The highest BCUT2D eigenvalue weighted by molar-refractivity contribution is 6.39. The third-order valence-electron chi connectivity index (χ3n) is 2.92. The van der Waals surface area contributed by atoms with Gasteiger partial charge in [0.25, 0.3) is 0 Å². The molecule has 0 aliphatic carbocycles. The first-order valence-corrected chi connectivity index (χ1v) is 6.28. The molecule has 2 nitrogen and oxygen atoms in total. The molecule has 96 valence electrons. The van der Waals surface area contributed by atoms with Crippen LogP contribution in [0.2, 0.25) is 10.0 Å². The maximum Gasteiger partial charge on any atom is 0.126 e. The van der Waals surface area contributed by atoms with Crippen LogP contribution in [0, 0.1) is 5.82 Å². The van der Waals surface area contributed by atoms with Crippen molar-refractivity contribution in [2.75, 3.05) is 11.9 Å². The minimum Gasteiger partial charge on any atom is -0.388 e. The number of hydrogen-bond acceptors (Lipinski definition) is 2. The van der Waals surface area contributed by atoms with Crippen molar-refractivity contribution in [3.8, 4) is 0 Å². The molecule has 0 aromatic heterocycles. The summed E-state index contributed by atoms with van der Waals surface area (Å²) < 4.78 is 13.0. The zero-order valence-electron chi connectivity index (χ0n) is 9.86. The van der Waals surface area contributed by atoms with Crippen molar-refractivity contribution in [1.29, 1.82) is 0 Å². The Balaban J connectivity index is 2.83. The molecule has 0 unspecified atom stereocenters. The topological polar surface area (TPSA) is 32.3 Å². The highest BCUT2D eigenvalue weighted by atomic mass is 35.5.